The first-order valence-electron chi connectivity index (χ1n) is 7.60. The van der Waals surface area contributed by atoms with Crippen LogP contribution in [0.3, 0.4) is 0 Å². The second kappa shape index (κ2) is 7.72. The van der Waals surface area contributed by atoms with Gasteiger partial charge in [-0.15, -0.1) is 23.5 Å². The van der Waals surface area contributed by atoms with Crippen LogP contribution >= 0.6 is 46.7 Å². The number of thioether (sulfide) groups is 2. The summed E-state index contributed by atoms with van der Waals surface area (Å²) in [5, 5.41) is 12.4. The summed E-state index contributed by atoms with van der Waals surface area (Å²) in [5.41, 5.74) is 0.0952. The Hall–Kier alpha value is -1.35. The van der Waals surface area contributed by atoms with E-state index < -0.39 is 11.2 Å². The molecule has 2 atom stereocenters. The Bertz CT molecular complexity index is 830. The van der Waals surface area contributed by atoms with Crippen LogP contribution in [0.2, 0.25) is 10.0 Å². The van der Waals surface area contributed by atoms with Gasteiger partial charge in [-0.25, -0.2) is 4.79 Å². The van der Waals surface area contributed by atoms with Crippen molar-refractivity contribution in [3.05, 3.63) is 39.6 Å². The summed E-state index contributed by atoms with van der Waals surface area (Å²) < 4.78 is 0. The molecule has 6 nitrogen and oxygen atoms in total. The van der Waals surface area contributed by atoms with E-state index in [-0.39, 0.29) is 28.6 Å². The number of nitrogens with zero attached hydrogens (tertiary/aromatic N) is 1. The van der Waals surface area contributed by atoms with Gasteiger partial charge in [-0.1, -0.05) is 23.2 Å². The van der Waals surface area contributed by atoms with Crippen LogP contribution < -0.4 is 5.32 Å². The number of amides is 2. The molecule has 1 fully saturated rings. The zero-order valence-electron chi connectivity index (χ0n) is 13.5. The van der Waals surface area contributed by atoms with E-state index >= 15 is 0 Å². The molecule has 1 unspecified atom stereocenters. The van der Waals surface area contributed by atoms with Crippen LogP contribution in [0.5, 0.6) is 0 Å². The van der Waals surface area contributed by atoms with E-state index in [1.165, 1.54) is 28.4 Å². The molecule has 0 aliphatic carbocycles. The highest BCUT2D eigenvalue weighted by Crippen LogP contribution is 2.39. The SMILES string of the molecule is C[C@H](Sc1cc(Cl)ccc1Cl)C(=O)NC1=C(C(=O)O)N2C(=O)CC2SC1. The molecule has 2 aliphatic heterocycles. The molecule has 0 spiro atoms. The Labute approximate surface area is 168 Å². The smallest absolute Gasteiger partial charge is 0.354 e. The maximum Gasteiger partial charge on any atom is 0.354 e. The fourth-order valence-corrected chi connectivity index (χ4v) is 5.18. The molecular formula is C16H14Cl2N2O4S2. The zero-order valence-corrected chi connectivity index (χ0v) is 16.6. The van der Waals surface area contributed by atoms with Gasteiger partial charge in [0.1, 0.15) is 0 Å². The minimum absolute atomic E-state index is 0.142. The minimum atomic E-state index is -1.23. The van der Waals surface area contributed by atoms with Gasteiger partial charge in [0.05, 0.1) is 27.8 Å². The van der Waals surface area contributed by atoms with Gasteiger partial charge in [-0.2, -0.15) is 0 Å². The van der Waals surface area contributed by atoms with E-state index in [0.29, 0.717) is 27.1 Å². The topological polar surface area (TPSA) is 86.7 Å². The van der Waals surface area contributed by atoms with Crippen molar-refractivity contribution in [3.8, 4) is 0 Å². The number of fused-ring (bicyclic) bond motifs is 1. The first-order valence-corrected chi connectivity index (χ1v) is 10.3. The van der Waals surface area contributed by atoms with Crippen LogP contribution in [0.25, 0.3) is 0 Å². The molecule has 1 aromatic carbocycles. The average molecular weight is 433 g/mol. The lowest BCUT2D eigenvalue weighted by atomic mass is 10.1. The Morgan fingerprint density at radius 2 is 2.15 bits per heavy atom. The Morgan fingerprint density at radius 3 is 2.81 bits per heavy atom. The second-order valence-electron chi connectivity index (χ2n) is 5.69. The third-order valence-electron chi connectivity index (χ3n) is 3.90. The lowest BCUT2D eigenvalue weighted by molar-refractivity contribution is -0.146. The number of carbonyl (C=O) groups excluding carboxylic acids is 2. The summed E-state index contributed by atoms with van der Waals surface area (Å²) in [4.78, 5) is 37.7. The van der Waals surface area contributed by atoms with Gasteiger partial charge in [0.15, 0.2) is 5.70 Å². The number of hydrogen-bond acceptors (Lipinski definition) is 5. The maximum atomic E-state index is 12.5. The van der Waals surface area contributed by atoms with Crippen LogP contribution in [-0.2, 0) is 14.4 Å². The molecule has 2 aliphatic rings. The highest BCUT2D eigenvalue weighted by atomic mass is 35.5. The number of rotatable bonds is 5. The summed E-state index contributed by atoms with van der Waals surface area (Å²) in [6, 6.07) is 4.97. The fourth-order valence-electron chi connectivity index (χ4n) is 2.57. The van der Waals surface area contributed by atoms with E-state index in [2.05, 4.69) is 5.32 Å². The van der Waals surface area contributed by atoms with Gasteiger partial charge >= 0.3 is 5.97 Å². The van der Waals surface area contributed by atoms with Crippen molar-refractivity contribution in [3.63, 3.8) is 0 Å². The number of hydrogen-bond donors (Lipinski definition) is 2. The van der Waals surface area contributed by atoms with Gasteiger partial charge in [-0.05, 0) is 25.1 Å². The number of carbonyl (C=O) groups is 3. The van der Waals surface area contributed by atoms with Crippen molar-refractivity contribution in [2.24, 2.45) is 0 Å². The van der Waals surface area contributed by atoms with Crippen molar-refractivity contribution in [2.75, 3.05) is 5.75 Å². The molecule has 0 bridgehead atoms. The first-order chi connectivity index (χ1) is 12.3. The molecular weight excluding hydrogens is 419 g/mol. The molecule has 1 saturated heterocycles. The number of benzene rings is 1. The Balaban J connectivity index is 1.75. The lowest BCUT2D eigenvalue weighted by Crippen LogP contribution is -2.55. The molecule has 0 saturated carbocycles. The number of β-lactam (4-membered cyclic amide) rings is 1. The highest BCUT2D eigenvalue weighted by molar-refractivity contribution is 8.00. The predicted molar refractivity (Wildman–Crippen MR) is 102 cm³/mol. The molecule has 26 heavy (non-hydrogen) atoms. The third kappa shape index (κ3) is 3.83. The van der Waals surface area contributed by atoms with Crippen molar-refractivity contribution >= 4 is 64.5 Å². The van der Waals surface area contributed by atoms with Crippen LogP contribution in [-0.4, -0.2) is 44.2 Å². The van der Waals surface area contributed by atoms with Crippen LogP contribution in [0.4, 0.5) is 0 Å². The Kier molecular flexibility index (Phi) is 5.76. The van der Waals surface area contributed by atoms with Crippen LogP contribution in [0.1, 0.15) is 13.3 Å². The normalized spacial score (nSPS) is 20.3. The van der Waals surface area contributed by atoms with E-state index in [0.717, 1.165) is 0 Å². The standard InChI is InChI=1S/C16H14Cl2N2O4S2/c1-7(26-11-4-8(17)2-3-9(11)18)15(22)19-10-6-25-13-5-12(21)20(13)14(10)16(23)24/h2-4,7,13H,5-6H2,1H3,(H,19,22)(H,23,24)/t7-,13?/m0/s1. The monoisotopic (exact) mass is 432 g/mol. The summed E-state index contributed by atoms with van der Waals surface area (Å²) in [6.45, 7) is 1.69. The van der Waals surface area contributed by atoms with Crippen molar-refractivity contribution in [1.29, 1.82) is 0 Å². The fraction of sp³-hybridized carbons (Fsp3) is 0.312. The molecule has 0 aromatic heterocycles. The maximum absolute atomic E-state index is 12.5. The minimum Gasteiger partial charge on any atom is -0.477 e. The zero-order chi connectivity index (χ0) is 19.0. The summed E-state index contributed by atoms with van der Waals surface area (Å²) in [6.07, 6.45) is 0.322. The average Bonchev–Trinajstić information content (AvgIpc) is 2.57. The summed E-state index contributed by atoms with van der Waals surface area (Å²) in [5.74, 6) is -1.51. The van der Waals surface area contributed by atoms with Gasteiger partial charge < -0.3 is 10.4 Å². The molecule has 2 heterocycles. The summed E-state index contributed by atoms with van der Waals surface area (Å²) in [7, 11) is 0. The molecule has 138 valence electrons. The van der Waals surface area contributed by atoms with Gasteiger partial charge in [0.25, 0.3) is 0 Å². The molecule has 3 rings (SSSR count). The first kappa shape index (κ1) is 19.4. The Morgan fingerprint density at radius 1 is 1.42 bits per heavy atom. The van der Waals surface area contributed by atoms with Crippen LogP contribution in [0, 0.1) is 0 Å². The molecule has 10 heteroatoms. The number of halogens is 2. The number of nitrogens with one attached hydrogen (secondary N) is 1. The van der Waals surface area contributed by atoms with E-state index in [4.69, 9.17) is 23.2 Å². The molecule has 0 radical (unpaired) electrons. The van der Waals surface area contributed by atoms with E-state index in [1.54, 1.807) is 25.1 Å². The number of aliphatic carboxylic acids is 1. The van der Waals surface area contributed by atoms with E-state index in [1.807, 2.05) is 0 Å². The molecule has 2 N–H and O–H groups in total. The van der Waals surface area contributed by atoms with E-state index in [9.17, 15) is 19.5 Å². The highest BCUT2D eigenvalue weighted by Gasteiger charge is 2.45. The lowest BCUT2D eigenvalue weighted by Gasteiger charge is -2.43. The van der Waals surface area contributed by atoms with Gasteiger partial charge in [0.2, 0.25) is 11.8 Å². The third-order valence-corrected chi connectivity index (χ3v) is 6.95. The second-order valence-corrected chi connectivity index (χ2v) is 9.08. The van der Waals surface area contributed by atoms with Crippen molar-refractivity contribution in [2.45, 2.75) is 28.9 Å². The summed E-state index contributed by atoms with van der Waals surface area (Å²) >= 11 is 14.7. The number of carboxylic acid groups (broad SMARTS) is 1. The largest absolute Gasteiger partial charge is 0.477 e. The van der Waals surface area contributed by atoms with Crippen LogP contribution in [0.15, 0.2) is 34.5 Å². The quantitative estimate of drug-likeness (QED) is 0.548. The van der Waals surface area contributed by atoms with Crippen molar-refractivity contribution < 1.29 is 19.5 Å². The van der Waals surface area contributed by atoms with Gasteiger partial charge in [-0.3, -0.25) is 14.5 Å². The van der Waals surface area contributed by atoms with Gasteiger partial charge in [0, 0.05) is 15.7 Å². The van der Waals surface area contributed by atoms with Crippen molar-refractivity contribution in [1.82, 2.24) is 10.2 Å². The molecule has 2 amide bonds. The molecule has 1 aromatic rings. The predicted octanol–water partition coefficient (Wildman–Crippen LogP) is 3.19. The number of carboxylic acids is 1.